The molecule has 0 bridgehead atoms. The molecular formula is C14H21N3S. The molecule has 18 heavy (non-hydrogen) atoms. The van der Waals surface area contributed by atoms with E-state index >= 15 is 0 Å². The van der Waals surface area contributed by atoms with E-state index in [0.29, 0.717) is 6.04 Å². The van der Waals surface area contributed by atoms with Crippen molar-refractivity contribution in [3.8, 4) is 0 Å². The summed E-state index contributed by atoms with van der Waals surface area (Å²) in [6, 6.07) is 4.67. The molecule has 0 radical (unpaired) electrons. The van der Waals surface area contributed by atoms with Crippen molar-refractivity contribution in [2.75, 3.05) is 26.7 Å². The molecule has 2 rings (SSSR count). The normalized spacial score (nSPS) is 13.3. The van der Waals surface area contributed by atoms with E-state index in [1.807, 2.05) is 6.20 Å². The minimum absolute atomic E-state index is 0.356. The molecule has 2 aromatic rings. The van der Waals surface area contributed by atoms with Crippen molar-refractivity contribution in [1.29, 1.82) is 0 Å². The second-order valence-electron chi connectivity index (χ2n) is 4.64. The Kier molecular flexibility index (Phi) is 4.69. The first kappa shape index (κ1) is 13.5. The van der Waals surface area contributed by atoms with Gasteiger partial charge in [-0.15, -0.1) is 11.3 Å². The summed E-state index contributed by atoms with van der Waals surface area (Å²) in [5.74, 6) is 0. The Morgan fingerprint density at radius 3 is 3.11 bits per heavy atom. The van der Waals surface area contributed by atoms with E-state index in [-0.39, 0.29) is 0 Å². The molecule has 0 aromatic carbocycles. The number of likely N-dealkylation sites (N-methyl/N-ethyl adjacent to an activating group) is 1. The van der Waals surface area contributed by atoms with Crippen molar-refractivity contribution in [3.05, 3.63) is 29.3 Å². The summed E-state index contributed by atoms with van der Waals surface area (Å²) in [6.07, 6.45) is 1.98. The SMILES string of the molecule is CCN(C)CCNC(C)c1cnc2ccsc2c1. The maximum absolute atomic E-state index is 4.48. The van der Waals surface area contributed by atoms with Crippen molar-refractivity contribution >= 4 is 21.6 Å². The maximum atomic E-state index is 4.48. The zero-order valence-corrected chi connectivity index (χ0v) is 12.1. The van der Waals surface area contributed by atoms with Gasteiger partial charge < -0.3 is 10.2 Å². The standard InChI is InChI=1S/C14H21N3S/c1-4-17(3)7-6-15-11(2)12-9-14-13(16-10-12)5-8-18-14/h5,8-11,15H,4,6-7H2,1-3H3. The lowest BCUT2D eigenvalue weighted by atomic mass is 10.1. The van der Waals surface area contributed by atoms with Crippen molar-refractivity contribution in [1.82, 2.24) is 15.2 Å². The predicted octanol–water partition coefficient (Wildman–Crippen LogP) is 2.90. The van der Waals surface area contributed by atoms with Crippen LogP contribution in [0.15, 0.2) is 23.7 Å². The molecule has 1 unspecified atom stereocenters. The molecule has 0 saturated carbocycles. The van der Waals surface area contributed by atoms with Gasteiger partial charge in [0, 0.05) is 25.3 Å². The average Bonchev–Trinajstić information content (AvgIpc) is 2.85. The summed E-state index contributed by atoms with van der Waals surface area (Å²) in [5.41, 5.74) is 2.37. The molecule has 1 N–H and O–H groups in total. The van der Waals surface area contributed by atoms with Crippen LogP contribution in [0.3, 0.4) is 0 Å². The molecule has 98 valence electrons. The summed E-state index contributed by atoms with van der Waals surface area (Å²) in [4.78, 5) is 6.79. The first-order valence-corrected chi connectivity index (χ1v) is 7.33. The Labute approximate surface area is 113 Å². The van der Waals surface area contributed by atoms with Crippen LogP contribution in [0, 0.1) is 0 Å². The Balaban J connectivity index is 1.93. The van der Waals surface area contributed by atoms with Crippen LogP contribution >= 0.6 is 11.3 Å². The highest BCUT2D eigenvalue weighted by Gasteiger charge is 2.07. The number of aromatic nitrogens is 1. The molecule has 2 heterocycles. The number of nitrogens with one attached hydrogen (secondary N) is 1. The number of fused-ring (bicyclic) bond motifs is 1. The average molecular weight is 263 g/mol. The predicted molar refractivity (Wildman–Crippen MR) is 79.2 cm³/mol. The summed E-state index contributed by atoms with van der Waals surface area (Å²) in [6.45, 7) is 7.56. The molecule has 1 atom stereocenters. The fourth-order valence-corrected chi connectivity index (χ4v) is 2.64. The molecule has 3 nitrogen and oxygen atoms in total. The van der Waals surface area contributed by atoms with Gasteiger partial charge in [-0.2, -0.15) is 0 Å². The molecule has 0 aliphatic heterocycles. The van der Waals surface area contributed by atoms with Gasteiger partial charge >= 0.3 is 0 Å². The molecule has 0 amide bonds. The molecule has 0 aliphatic rings. The summed E-state index contributed by atoms with van der Waals surface area (Å²) in [5, 5.41) is 5.64. The highest BCUT2D eigenvalue weighted by Crippen LogP contribution is 2.22. The third-order valence-corrected chi connectivity index (χ3v) is 4.16. The van der Waals surface area contributed by atoms with Crippen LogP contribution in [0.2, 0.25) is 0 Å². The molecule has 0 fully saturated rings. The summed E-state index contributed by atoms with van der Waals surface area (Å²) in [7, 11) is 2.14. The van der Waals surface area contributed by atoms with Crippen LogP contribution in [-0.2, 0) is 0 Å². The summed E-state index contributed by atoms with van der Waals surface area (Å²) >= 11 is 1.75. The van der Waals surface area contributed by atoms with Crippen LogP contribution in [0.4, 0.5) is 0 Å². The van der Waals surface area contributed by atoms with Crippen LogP contribution in [0.5, 0.6) is 0 Å². The molecule has 0 aliphatic carbocycles. The Hall–Kier alpha value is -0.970. The molecule has 2 aromatic heterocycles. The fraction of sp³-hybridized carbons (Fsp3) is 0.500. The first-order valence-electron chi connectivity index (χ1n) is 6.45. The number of thiophene rings is 1. The van der Waals surface area contributed by atoms with Crippen molar-refractivity contribution in [2.45, 2.75) is 19.9 Å². The third kappa shape index (κ3) is 3.28. The van der Waals surface area contributed by atoms with Gasteiger partial charge in [0.15, 0.2) is 0 Å². The monoisotopic (exact) mass is 263 g/mol. The molecule has 0 spiro atoms. The van der Waals surface area contributed by atoms with Crippen LogP contribution in [0.1, 0.15) is 25.5 Å². The lowest BCUT2D eigenvalue weighted by Gasteiger charge is -2.18. The van der Waals surface area contributed by atoms with E-state index in [2.05, 4.69) is 53.6 Å². The van der Waals surface area contributed by atoms with Crippen molar-refractivity contribution < 1.29 is 0 Å². The van der Waals surface area contributed by atoms with Crippen molar-refractivity contribution in [3.63, 3.8) is 0 Å². The lowest BCUT2D eigenvalue weighted by molar-refractivity contribution is 0.342. The number of pyridine rings is 1. The topological polar surface area (TPSA) is 28.2 Å². The van der Waals surface area contributed by atoms with E-state index < -0.39 is 0 Å². The van der Waals surface area contributed by atoms with Gasteiger partial charge in [0.2, 0.25) is 0 Å². The summed E-state index contributed by atoms with van der Waals surface area (Å²) < 4.78 is 1.27. The van der Waals surface area contributed by atoms with E-state index in [9.17, 15) is 0 Å². The zero-order valence-electron chi connectivity index (χ0n) is 11.3. The minimum atomic E-state index is 0.356. The van der Waals surface area contributed by atoms with Crippen molar-refractivity contribution in [2.24, 2.45) is 0 Å². The van der Waals surface area contributed by atoms with Gasteiger partial charge in [-0.1, -0.05) is 6.92 Å². The van der Waals surface area contributed by atoms with Gasteiger partial charge in [0.1, 0.15) is 0 Å². The van der Waals surface area contributed by atoms with Gasteiger partial charge in [0.25, 0.3) is 0 Å². The minimum Gasteiger partial charge on any atom is -0.309 e. The molecule has 0 saturated heterocycles. The number of hydrogen-bond donors (Lipinski definition) is 1. The maximum Gasteiger partial charge on any atom is 0.0809 e. The smallest absolute Gasteiger partial charge is 0.0809 e. The fourth-order valence-electron chi connectivity index (χ4n) is 1.85. The van der Waals surface area contributed by atoms with E-state index in [0.717, 1.165) is 25.2 Å². The first-order chi connectivity index (χ1) is 8.70. The number of nitrogens with zero attached hydrogens (tertiary/aromatic N) is 2. The zero-order chi connectivity index (χ0) is 13.0. The second kappa shape index (κ2) is 6.27. The third-order valence-electron chi connectivity index (χ3n) is 3.31. The Morgan fingerprint density at radius 1 is 1.50 bits per heavy atom. The second-order valence-corrected chi connectivity index (χ2v) is 5.59. The van der Waals surface area contributed by atoms with Crippen LogP contribution in [0.25, 0.3) is 10.2 Å². The van der Waals surface area contributed by atoms with Crippen LogP contribution < -0.4 is 5.32 Å². The largest absolute Gasteiger partial charge is 0.309 e. The molecular weight excluding hydrogens is 242 g/mol. The quantitative estimate of drug-likeness (QED) is 0.868. The van der Waals surface area contributed by atoms with Gasteiger partial charge in [0.05, 0.1) is 10.2 Å². The van der Waals surface area contributed by atoms with Gasteiger partial charge in [-0.25, -0.2) is 0 Å². The highest BCUT2D eigenvalue weighted by atomic mass is 32.1. The Bertz CT molecular complexity index is 494. The number of rotatable bonds is 6. The van der Waals surface area contributed by atoms with Gasteiger partial charge in [-0.05, 0) is 43.6 Å². The van der Waals surface area contributed by atoms with Crippen LogP contribution in [-0.4, -0.2) is 36.6 Å². The molecule has 4 heteroatoms. The lowest BCUT2D eigenvalue weighted by Crippen LogP contribution is -2.30. The van der Waals surface area contributed by atoms with E-state index in [4.69, 9.17) is 0 Å². The Morgan fingerprint density at radius 2 is 2.33 bits per heavy atom. The van der Waals surface area contributed by atoms with E-state index in [1.165, 1.54) is 10.3 Å². The highest BCUT2D eigenvalue weighted by molar-refractivity contribution is 7.17. The van der Waals surface area contributed by atoms with E-state index in [1.54, 1.807) is 11.3 Å². The van der Waals surface area contributed by atoms with Gasteiger partial charge in [-0.3, -0.25) is 4.98 Å². The number of hydrogen-bond acceptors (Lipinski definition) is 4.